The van der Waals surface area contributed by atoms with Gasteiger partial charge in [-0.25, -0.2) is 4.99 Å². The predicted octanol–water partition coefficient (Wildman–Crippen LogP) is 0.452. The summed E-state index contributed by atoms with van der Waals surface area (Å²) < 4.78 is 0. The van der Waals surface area contributed by atoms with Crippen LogP contribution in [0.2, 0.25) is 0 Å². The molecule has 0 spiro atoms. The van der Waals surface area contributed by atoms with Crippen LogP contribution in [0, 0.1) is 10.1 Å². The molecule has 1 unspecified atom stereocenters. The largest absolute Gasteiger partial charge is 0.382 e. The van der Waals surface area contributed by atoms with Gasteiger partial charge in [-0.2, -0.15) is 0 Å². The van der Waals surface area contributed by atoms with E-state index in [0.29, 0.717) is 0 Å². The van der Waals surface area contributed by atoms with Gasteiger partial charge >= 0.3 is 0 Å². The Kier molecular flexibility index (Phi) is 4.48. The number of hydrogen-bond donors (Lipinski definition) is 1. The fourth-order valence-electron chi connectivity index (χ4n) is 1.85. The van der Waals surface area contributed by atoms with E-state index in [1.807, 2.05) is 0 Å². The molecule has 0 saturated carbocycles. The minimum Gasteiger partial charge on any atom is -0.382 e. The Labute approximate surface area is 89.3 Å². The third-order valence-corrected chi connectivity index (χ3v) is 2.59. The number of hydrogen-bond acceptors (Lipinski definition) is 4. The average Bonchev–Trinajstić information content (AvgIpc) is 2.17. The summed E-state index contributed by atoms with van der Waals surface area (Å²) in [5.41, 5.74) is 5.50. The summed E-state index contributed by atoms with van der Waals surface area (Å²) in [7, 11) is 0. The first-order valence-electron chi connectivity index (χ1n) is 5.31. The van der Waals surface area contributed by atoms with E-state index in [0.717, 1.165) is 25.9 Å². The molecular weight excluding hydrogens is 196 g/mol. The second kappa shape index (κ2) is 5.65. The first-order chi connectivity index (χ1) is 7.13. The van der Waals surface area contributed by atoms with Crippen LogP contribution in [0.4, 0.5) is 0 Å². The second-order valence-electron chi connectivity index (χ2n) is 3.72. The van der Waals surface area contributed by atoms with Gasteiger partial charge in [0.2, 0.25) is 0 Å². The Morgan fingerprint density at radius 3 is 3.00 bits per heavy atom. The minimum atomic E-state index is -0.446. The standard InChI is InChI=1S/C9H18N4O2/c1-2-12-6-4-3-5-9(12)11-8(10)7-13(14)15/h9H,2-7H2,1H3,(H2,10,11). The highest BCUT2D eigenvalue weighted by molar-refractivity contribution is 5.81. The Morgan fingerprint density at radius 1 is 1.67 bits per heavy atom. The Hall–Kier alpha value is -1.17. The van der Waals surface area contributed by atoms with E-state index < -0.39 is 4.92 Å². The zero-order chi connectivity index (χ0) is 11.3. The highest BCUT2D eigenvalue weighted by Crippen LogP contribution is 2.17. The van der Waals surface area contributed by atoms with Gasteiger partial charge in [0.1, 0.15) is 6.17 Å². The molecule has 86 valence electrons. The Morgan fingerprint density at radius 2 is 2.40 bits per heavy atom. The Balaban J connectivity index is 2.56. The van der Waals surface area contributed by atoms with Gasteiger partial charge in [-0.3, -0.25) is 15.0 Å². The van der Waals surface area contributed by atoms with Crippen molar-refractivity contribution in [3.8, 4) is 0 Å². The summed E-state index contributed by atoms with van der Waals surface area (Å²) in [6.07, 6.45) is 3.29. The van der Waals surface area contributed by atoms with Crippen molar-refractivity contribution in [2.24, 2.45) is 10.7 Å². The summed E-state index contributed by atoms with van der Waals surface area (Å²) in [6.45, 7) is 3.64. The monoisotopic (exact) mass is 214 g/mol. The molecule has 1 fully saturated rings. The smallest absolute Gasteiger partial charge is 0.259 e. The minimum absolute atomic E-state index is 0.0451. The first-order valence-corrected chi connectivity index (χ1v) is 5.31. The van der Waals surface area contributed by atoms with Crippen LogP contribution in [0.1, 0.15) is 26.2 Å². The molecule has 6 nitrogen and oxygen atoms in total. The molecule has 0 bridgehead atoms. The van der Waals surface area contributed by atoms with Gasteiger partial charge in [-0.05, 0) is 25.8 Å². The van der Waals surface area contributed by atoms with E-state index in [-0.39, 0.29) is 18.5 Å². The molecule has 6 heteroatoms. The second-order valence-corrected chi connectivity index (χ2v) is 3.72. The van der Waals surface area contributed by atoms with Crippen LogP contribution in [0.25, 0.3) is 0 Å². The molecule has 1 aliphatic heterocycles. The third-order valence-electron chi connectivity index (χ3n) is 2.59. The van der Waals surface area contributed by atoms with Crippen LogP contribution < -0.4 is 5.73 Å². The van der Waals surface area contributed by atoms with Crippen molar-refractivity contribution in [3.05, 3.63) is 10.1 Å². The van der Waals surface area contributed by atoms with E-state index in [1.54, 1.807) is 0 Å². The molecule has 1 atom stereocenters. The maximum absolute atomic E-state index is 10.2. The van der Waals surface area contributed by atoms with Crippen LogP contribution in [-0.4, -0.2) is 41.5 Å². The van der Waals surface area contributed by atoms with Crippen molar-refractivity contribution in [2.75, 3.05) is 19.6 Å². The summed E-state index contributed by atoms with van der Waals surface area (Å²) in [5, 5.41) is 10.2. The molecule has 1 rings (SSSR count). The van der Waals surface area contributed by atoms with Crippen molar-refractivity contribution in [3.63, 3.8) is 0 Å². The van der Waals surface area contributed by atoms with Crippen molar-refractivity contribution in [2.45, 2.75) is 32.4 Å². The number of rotatable bonds is 4. The molecule has 0 aromatic heterocycles. The molecule has 1 saturated heterocycles. The SMILES string of the molecule is CCN1CCCCC1N=C(N)C[N+](=O)[O-]. The maximum Gasteiger partial charge on any atom is 0.259 e. The Bertz CT molecular complexity index is 254. The quantitative estimate of drug-likeness (QED) is 0.319. The normalized spacial score (nSPS) is 24.1. The predicted molar refractivity (Wildman–Crippen MR) is 58.4 cm³/mol. The molecule has 1 heterocycles. The molecular formula is C9H18N4O2. The van der Waals surface area contributed by atoms with E-state index >= 15 is 0 Å². The number of amidine groups is 1. The average molecular weight is 214 g/mol. The van der Waals surface area contributed by atoms with Gasteiger partial charge in [0.15, 0.2) is 5.84 Å². The molecule has 0 amide bonds. The molecule has 0 aromatic rings. The summed E-state index contributed by atoms with van der Waals surface area (Å²) in [4.78, 5) is 16.2. The molecule has 0 radical (unpaired) electrons. The number of nitrogens with two attached hydrogens (primary N) is 1. The van der Waals surface area contributed by atoms with Gasteiger partial charge in [0, 0.05) is 11.5 Å². The van der Waals surface area contributed by atoms with Crippen molar-refractivity contribution in [1.82, 2.24) is 4.90 Å². The maximum atomic E-state index is 10.2. The molecule has 15 heavy (non-hydrogen) atoms. The molecule has 1 aliphatic rings. The van der Waals surface area contributed by atoms with Gasteiger partial charge in [0.05, 0.1) is 0 Å². The number of piperidine rings is 1. The van der Waals surface area contributed by atoms with Crippen LogP contribution in [0.3, 0.4) is 0 Å². The van der Waals surface area contributed by atoms with Crippen LogP contribution >= 0.6 is 0 Å². The number of nitrogens with zero attached hydrogens (tertiary/aromatic N) is 3. The van der Waals surface area contributed by atoms with Crippen LogP contribution in [-0.2, 0) is 0 Å². The molecule has 0 aromatic carbocycles. The van der Waals surface area contributed by atoms with E-state index in [1.165, 1.54) is 6.42 Å². The summed E-state index contributed by atoms with van der Waals surface area (Å²) >= 11 is 0. The fraction of sp³-hybridized carbons (Fsp3) is 0.889. The van der Waals surface area contributed by atoms with Crippen LogP contribution in [0.5, 0.6) is 0 Å². The van der Waals surface area contributed by atoms with Gasteiger partial charge < -0.3 is 5.73 Å². The lowest BCUT2D eigenvalue weighted by molar-refractivity contribution is -0.463. The van der Waals surface area contributed by atoms with Gasteiger partial charge in [-0.1, -0.05) is 6.92 Å². The van der Waals surface area contributed by atoms with E-state index in [2.05, 4.69) is 16.8 Å². The van der Waals surface area contributed by atoms with Gasteiger partial charge in [-0.15, -0.1) is 0 Å². The topological polar surface area (TPSA) is 84.8 Å². The zero-order valence-corrected chi connectivity index (χ0v) is 9.06. The van der Waals surface area contributed by atoms with E-state index in [9.17, 15) is 10.1 Å². The van der Waals surface area contributed by atoms with Crippen molar-refractivity contribution in [1.29, 1.82) is 0 Å². The van der Waals surface area contributed by atoms with E-state index in [4.69, 9.17) is 5.73 Å². The van der Waals surface area contributed by atoms with Crippen molar-refractivity contribution < 1.29 is 4.92 Å². The molecule has 0 aliphatic carbocycles. The third kappa shape index (κ3) is 3.83. The van der Waals surface area contributed by atoms with Gasteiger partial charge in [0.25, 0.3) is 6.54 Å². The molecule has 2 N–H and O–H groups in total. The lowest BCUT2D eigenvalue weighted by atomic mass is 10.1. The first kappa shape index (κ1) is 11.9. The number of nitro groups is 1. The summed E-state index contributed by atoms with van der Waals surface area (Å²) in [6, 6.07) is 0. The van der Waals surface area contributed by atoms with Crippen LogP contribution in [0.15, 0.2) is 4.99 Å². The zero-order valence-electron chi connectivity index (χ0n) is 9.06. The number of likely N-dealkylation sites (tertiary alicyclic amines) is 1. The summed E-state index contributed by atoms with van der Waals surface area (Å²) in [5.74, 6) is 0.130. The number of aliphatic imine (C=N–C) groups is 1. The lowest BCUT2D eigenvalue weighted by Gasteiger charge is -2.31. The van der Waals surface area contributed by atoms with Crippen molar-refractivity contribution >= 4 is 5.84 Å². The lowest BCUT2D eigenvalue weighted by Crippen LogP contribution is -2.40. The highest BCUT2D eigenvalue weighted by atomic mass is 16.6. The highest BCUT2D eigenvalue weighted by Gasteiger charge is 2.20. The fourth-order valence-corrected chi connectivity index (χ4v) is 1.85.